The molecule has 2 fully saturated rings. The van der Waals surface area contributed by atoms with Crippen molar-refractivity contribution in [3.63, 3.8) is 0 Å². The lowest BCUT2D eigenvalue weighted by Gasteiger charge is -2.54. The van der Waals surface area contributed by atoms with Crippen molar-refractivity contribution >= 4 is 5.91 Å². The van der Waals surface area contributed by atoms with Crippen molar-refractivity contribution in [3.8, 4) is 0 Å². The number of hydrogen-bond acceptors (Lipinski definition) is 1. The van der Waals surface area contributed by atoms with E-state index in [0.29, 0.717) is 11.5 Å². The zero-order valence-corrected chi connectivity index (χ0v) is 7.31. The summed E-state index contributed by atoms with van der Waals surface area (Å²) in [7, 11) is 0. The van der Waals surface area contributed by atoms with Gasteiger partial charge >= 0.3 is 0 Å². The Morgan fingerprint density at radius 3 is 2.58 bits per heavy atom. The lowest BCUT2D eigenvalue weighted by Crippen LogP contribution is -2.53. The molecule has 2 heteroatoms. The van der Waals surface area contributed by atoms with E-state index < -0.39 is 0 Å². The number of carbonyl (C=O) groups excluding carboxylic acids is 1. The van der Waals surface area contributed by atoms with E-state index in [0.717, 1.165) is 0 Å². The number of carbonyl (C=O) groups is 1. The van der Waals surface area contributed by atoms with E-state index in [4.69, 9.17) is 0 Å². The number of hydrogen-bond donors (Lipinski definition) is 1. The summed E-state index contributed by atoms with van der Waals surface area (Å²) < 4.78 is 0. The Morgan fingerprint density at radius 2 is 2.17 bits per heavy atom. The summed E-state index contributed by atoms with van der Waals surface area (Å²) in [5.41, 5.74) is 0.652. The van der Waals surface area contributed by atoms with Crippen LogP contribution in [0.3, 0.4) is 0 Å². The zero-order valence-electron chi connectivity index (χ0n) is 7.31. The fourth-order valence-electron chi connectivity index (χ4n) is 2.43. The average Bonchev–Trinajstić information content (AvgIpc) is 1.91. The Morgan fingerprint density at radius 1 is 1.50 bits per heavy atom. The Balaban J connectivity index is 1.74. The molecule has 1 spiro atoms. The lowest BCUT2D eigenvalue weighted by atomic mass is 9.54. The van der Waals surface area contributed by atoms with Gasteiger partial charge in [-0.05, 0) is 37.2 Å². The van der Waals surface area contributed by atoms with E-state index in [2.05, 4.69) is 11.9 Å². The van der Waals surface area contributed by atoms with Crippen LogP contribution < -0.4 is 5.32 Å². The van der Waals surface area contributed by atoms with E-state index in [1.165, 1.54) is 38.2 Å². The third-order valence-corrected chi connectivity index (χ3v) is 3.30. The molecule has 0 aliphatic heterocycles. The van der Waals surface area contributed by atoms with Gasteiger partial charge in [0.05, 0.1) is 0 Å². The highest BCUT2D eigenvalue weighted by Gasteiger charge is 2.48. The van der Waals surface area contributed by atoms with E-state index in [9.17, 15) is 4.79 Å². The second-order valence-corrected chi connectivity index (χ2v) is 4.17. The first kappa shape index (κ1) is 7.84. The number of rotatable bonds is 2. The Kier molecular flexibility index (Phi) is 1.71. The molecule has 2 saturated carbocycles. The summed E-state index contributed by atoms with van der Waals surface area (Å²) in [6, 6.07) is 0.441. The predicted octanol–water partition coefficient (Wildman–Crippen LogP) is 1.62. The Bertz CT molecular complexity index is 210. The second-order valence-electron chi connectivity index (χ2n) is 4.17. The normalized spacial score (nSPS) is 25.7. The van der Waals surface area contributed by atoms with Crippen LogP contribution in [0.25, 0.3) is 0 Å². The predicted molar refractivity (Wildman–Crippen MR) is 47.6 cm³/mol. The van der Waals surface area contributed by atoms with Gasteiger partial charge in [-0.15, -0.1) is 0 Å². The maximum Gasteiger partial charge on any atom is 0.243 e. The van der Waals surface area contributed by atoms with Gasteiger partial charge in [0, 0.05) is 6.04 Å². The molecule has 12 heavy (non-hydrogen) atoms. The first-order valence-corrected chi connectivity index (χ1v) is 4.67. The molecule has 66 valence electrons. The van der Waals surface area contributed by atoms with Gasteiger partial charge in [-0.25, -0.2) is 0 Å². The molecule has 0 aromatic carbocycles. The van der Waals surface area contributed by atoms with E-state index in [-0.39, 0.29) is 5.91 Å². The van der Waals surface area contributed by atoms with Crippen LogP contribution in [0.4, 0.5) is 0 Å². The maximum atomic E-state index is 10.9. The molecule has 0 aromatic heterocycles. The van der Waals surface area contributed by atoms with Crippen molar-refractivity contribution in [1.29, 1.82) is 0 Å². The highest BCUT2D eigenvalue weighted by Crippen LogP contribution is 2.55. The fraction of sp³-hybridized carbons (Fsp3) is 0.700. The highest BCUT2D eigenvalue weighted by molar-refractivity contribution is 5.87. The monoisotopic (exact) mass is 165 g/mol. The third kappa shape index (κ3) is 1.15. The maximum absolute atomic E-state index is 10.9. The second kappa shape index (κ2) is 2.61. The van der Waals surface area contributed by atoms with Gasteiger partial charge in [-0.2, -0.15) is 0 Å². The molecule has 2 rings (SSSR count). The largest absolute Gasteiger partial charge is 0.350 e. The standard InChI is InChI=1S/C10H15NO/c1-2-9(12)11-8-6-10(7-8)4-3-5-10/h2,8H,1,3-7H2,(H,11,12). The van der Waals surface area contributed by atoms with Crippen molar-refractivity contribution in [2.45, 2.75) is 38.1 Å². The minimum atomic E-state index is -0.0193. The smallest absolute Gasteiger partial charge is 0.243 e. The van der Waals surface area contributed by atoms with Gasteiger partial charge in [-0.3, -0.25) is 4.79 Å². The van der Waals surface area contributed by atoms with Crippen LogP contribution in [0.5, 0.6) is 0 Å². The van der Waals surface area contributed by atoms with Crippen molar-refractivity contribution < 1.29 is 4.79 Å². The molecule has 2 nitrogen and oxygen atoms in total. The van der Waals surface area contributed by atoms with Gasteiger partial charge < -0.3 is 5.32 Å². The molecule has 0 radical (unpaired) electrons. The zero-order chi connectivity index (χ0) is 8.60. The minimum Gasteiger partial charge on any atom is -0.350 e. The molecular weight excluding hydrogens is 150 g/mol. The molecule has 0 unspecified atom stereocenters. The van der Waals surface area contributed by atoms with Crippen molar-refractivity contribution in [2.75, 3.05) is 0 Å². The summed E-state index contributed by atoms with van der Waals surface area (Å²) in [4.78, 5) is 10.9. The van der Waals surface area contributed by atoms with Crippen LogP contribution in [0.2, 0.25) is 0 Å². The van der Waals surface area contributed by atoms with Crippen LogP contribution in [-0.2, 0) is 4.79 Å². The molecule has 0 aromatic rings. The molecule has 0 saturated heterocycles. The molecule has 1 amide bonds. The van der Waals surface area contributed by atoms with Gasteiger partial charge in [-0.1, -0.05) is 13.0 Å². The molecule has 1 N–H and O–H groups in total. The van der Waals surface area contributed by atoms with Crippen molar-refractivity contribution in [1.82, 2.24) is 5.32 Å². The van der Waals surface area contributed by atoms with Gasteiger partial charge in [0.25, 0.3) is 0 Å². The first-order valence-electron chi connectivity index (χ1n) is 4.67. The van der Waals surface area contributed by atoms with Crippen LogP contribution >= 0.6 is 0 Å². The summed E-state index contributed by atoms with van der Waals surface area (Å²) in [6.45, 7) is 3.43. The number of nitrogens with one attached hydrogen (secondary N) is 1. The van der Waals surface area contributed by atoms with E-state index in [1.54, 1.807) is 0 Å². The summed E-state index contributed by atoms with van der Waals surface area (Å²) in [6.07, 6.45) is 7.91. The number of amides is 1. The van der Waals surface area contributed by atoms with E-state index >= 15 is 0 Å². The third-order valence-electron chi connectivity index (χ3n) is 3.30. The van der Waals surface area contributed by atoms with Crippen LogP contribution in [0.15, 0.2) is 12.7 Å². The fourth-order valence-corrected chi connectivity index (χ4v) is 2.43. The average molecular weight is 165 g/mol. The Hall–Kier alpha value is -0.790. The quantitative estimate of drug-likeness (QED) is 0.619. The molecule has 0 heterocycles. The molecular formula is C10H15NO. The van der Waals surface area contributed by atoms with E-state index in [1.807, 2.05) is 0 Å². The summed E-state index contributed by atoms with van der Waals surface area (Å²) in [5, 5.41) is 2.93. The van der Waals surface area contributed by atoms with Gasteiger partial charge in [0.1, 0.15) is 0 Å². The summed E-state index contributed by atoms with van der Waals surface area (Å²) in [5.74, 6) is -0.0193. The van der Waals surface area contributed by atoms with Crippen LogP contribution in [-0.4, -0.2) is 11.9 Å². The Labute approximate surface area is 73.0 Å². The molecule has 0 atom stereocenters. The highest BCUT2D eigenvalue weighted by atomic mass is 16.1. The topological polar surface area (TPSA) is 29.1 Å². The SMILES string of the molecule is C=CC(=O)NC1CC2(CCC2)C1. The van der Waals surface area contributed by atoms with Crippen LogP contribution in [0, 0.1) is 5.41 Å². The molecule has 2 aliphatic carbocycles. The minimum absolute atomic E-state index is 0.0193. The lowest BCUT2D eigenvalue weighted by molar-refractivity contribution is -0.119. The van der Waals surface area contributed by atoms with Gasteiger partial charge in [0.2, 0.25) is 5.91 Å². The first-order chi connectivity index (χ1) is 5.74. The van der Waals surface area contributed by atoms with Crippen molar-refractivity contribution in [3.05, 3.63) is 12.7 Å². The van der Waals surface area contributed by atoms with Gasteiger partial charge in [0.15, 0.2) is 0 Å². The summed E-state index contributed by atoms with van der Waals surface area (Å²) >= 11 is 0. The molecule has 0 bridgehead atoms. The van der Waals surface area contributed by atoms with Crippen molar-refractivity contribution in [2.24, 2.45) is 5.41 Å². The molecule has 2 aliphatic rings. The van der Waals surface area contributed by atoms with Crippen LogP contribution in [0.1, 0.15) is 32.1 Å².